The van der Waals surface area contributed by atoms with Crippen LogP contribution in [0.15, 0.2) is 12.7 Å². The molecule has 1 rings (SSSR count). The van der Waals surface area contributed by atoms with Crippen LogP contribution in [0.4, 0.5) is 0 Å². The van der Waals surface area contributed by atoms with Gasteiger partial charge in [-0.05, 0) is 6.42 Å². The van der Waals surface area contributed by atoms with Crippen LogP contribution in [0.2, 0.25) is 0 Å². The van der Waals surface area contributed by atoms with Crippen LogP contribution in [0.25, 0.3) is 0 Å². The summed E-state index contributed by atoms with van der Waals surface area (Å²) in [6, 6.07) is 0. The highest BCUT2D eigenvalue weighted by molar-refractivity contribution is 5.99. The Hall–Kier alpha value is -1.12. The van der Waals surface area contributed by atoms with Crippen molar-refractivity contribution in [3.05, 3.63) is 12.7 Å². The zero-order valence-electron chi connectivity index (χ0n) is 5.59. The van der Waals surface area contributed by atoms with Crippen molar-refractivity contribution < 1.29 is 9.59 Å². The van der Waals surface area contributed by atoms with Crippen LogP contribution in [0.5, 0.6) is 0 Å². The highest BCUT2D eigenvalue weighted by Crippen LogP contribution is 2.11. The van der Waals surface area contributed by atoms with Crippen molar-refractivity contribution in [1.82, 2.24) is 5.32 Å². The van der Waals surface area contributed by atoms with Crippen LogP contribution in [0.3, 0.4) is 0 Å². The Labute approximate surface area is 59.1 Å². The number of nitrogens with one attached hydrogen (secondary N) is 1. The van der Waals surface area contributed by atoms with E-state index >= 15 is 0 Å². The molecule has 0 aromatic carbocycles. The lowest BCUT2D eigenvalue weighted by atomic mass is 9.99. The maximum absolute atomic E-state index is 10.8. The molecule has 1 atom stereocenters. The van der Waals surface area contributed by atoms with Gasteiger partial charge in [-0.1, -0.05) is 6.08 Å². The molecule has 0 aliphatic carbocycles. The number of amides is 2. The molecular formula is C7H9NO2. The third-order valence-electron chi connectivity index (χ3n) is 1.57. The van der Waals surface area contributed by atoms with Crippen molar-refractivity contribution in [2.75, 3.05) is 0 Å². The second-order valence-corrected chi connectivity index (χ2v) is 2.29. The van der Waals surface area contributed by atoms with Crippen molar-refractivity contribution in [3.63, 3.8) is 0 Å². The first-order chi connectivity index (χ1) is 4.74. The topological polar surface area (TPSA) is 46.2 Å². The van der Waals surface area contributed by atoms with Crippen LogP contribution in [-0.2, 0) is 9.59 Å². The first kappa shape index (κ1) is 6.99. The summed E-state index contributed by atoms with van der Waals surface area (Å²) in [5.41, 5.74) is 0. The van der Waals surface area contributed by atoms with Gasteiger partial charge < -0.3 is 0 Å². The van der Waals surface area contributed by atoms with E-state index in [1.54, 1.807) is 6.08 Å². The molecule has 1 aliphatic heterocycles. The largest absolute Gasteiger partial charge is 0.296 e. The number of piperidine rings is 1. The van der Waals surface area contributed by atoms with E-state index in [1.165, 1.54) is 0 Å². The van der Waals surface area contributed by atoms with E-state index in [-0.39, 0.29) is 17.7 Å². The summed E-state index contributed by atoms with van der Waals surface area (Å²) >= 11 is 0. The van der Waals surface area contributed by atoms with Crippen molar-refractivity contribution >= 4 is 11.8 Å². The van der Waals surface area contributed by atoms with E-state index in [9.17, 15) is 9.59 Å². The van der Waals surface area contributed by atoms with Gasteiger partial charge in [0.05, 0.1) is 5.92 Å². The Morgan fingerprint density at radius 3 is 2.80 bits per heavy atom. The summed E-state index contributed by atoms with van der Waals surface area (Å²) in [4.78, 5) is 21.4. The fraction of sp³-hybridized carbons (Fsp3) is 0.429. The van der Waals surface area contributed by atoms with Gasteiger partial charge in [0.2, 0.25) is 11.8 Å². The second kappa shape index (κ2) is 2.64. The fourth-order valence-electron chi connectivity index (χ4n) is 0.935. The summed E-state index contributed by atoms with van der Waals surface area (Å²) in [5, 5.41) is 2.23. The van der Waals surface area contributed by atoms with Gasteiger partial charge in [-0.25, -0.2) is 0 Å². The number of carbonyl (C=O) groups is 2. The van der Waals surface area contributed by atoms with Gasteiger partial charge in [0, 0.05) is 6.42 Å². The molecule has 2 amide bonds. The summed E-state index contributed by atoms with van der Waals surface area (Å²) in [5.74, 6) is -0.563. The van der Waals surface area contributed by atoms with Gasteiger partial charge in [-0.15, -0.1) is 6.58 Å². The molecule has 3 heteroatoms. The summed E-state index contributed by atoms with van der Waals surface area (Å²) in [7, 11) is 0. The van der Waals surface area contributed by atoms with Crippen LogP contribution in [0, 0.1) is 5.92 Å². The van der Waals surface area contributed by atoms with Crippen LogP contribution in [0.1, 0.15) is 12.8 Å². The predicted octanol–water partition coefficient (Wildman–Crippen LogP) is 0.225. The lowest BCUT2D eigenvalue weighted by Crippen LogP contribution is -2.39. The molecule has 1 N–H and O–H groups in total. The molecule has 3 nitrogen and oxygen atoms in total. The Morgan fingerprint density at radius 2 is 2.30 bits per heavy atom. The molecular weight excluding hydrogens is 130 g/mol. The Morgan fingerprint density at radius 1 is 1.60 bits per heavy atom. The van der Waals surface area contributed by atoms with E-state index < -0.39 is 0 Å². The SMILES string of the molecule is C=C[C@H]1CCC(=O)NC1=O. The summed E-state index contributed by atoms with van der Waals surface area (Å²) < 4.78 is 0. The molecule has 54 valence electrons. The van der Waals surface area contributed by atoms with Crippen molar-refractivity contribution in [2.24, 2.45) is 5.92 Å². The highest BCUT2D eigenvalue weighted by atomic mass is 16.2. The van der Waals surface area contributed by atoms with Crippen LogP contribution >= 0.6 is 0 Å². The summed E-state index contributed by atoms with van der Waals surface area (Å²) in [6.07, 6.45) is 2.61. The van der Waals surface area contributed by atoms with Crippen LogP contribution in [-0.4, -0.2) is 11.8 Å². The lowest BCUT2D eigenvalue weighted by Gasteiger charge is -2.16. The minimum absolute atomic E-state index is 0.169. The normalized spacial score (nSPS) is 25.8. The first-order valence-corrected chi connectivity index (χ1v) is 3.20. The van der Waals surface area contributed by atoms with Crippen LogP contribution < -0.4 is 5.32 Å². The Bertz CT molecular complexity index is 186. The van der Waals surface area contributed by atoms with Gasteiger partial charge in [0.1, 0.15) is 0 Å². The molecule has 0 bridgehead atoms. The fourth-order valence-corrected chi connectivity index (χ4v) is 0.935. The van der Waals surface area contributed by atoms with Gasteiger partial charge in [-0.3, -0.25) is 14.9 Å². The molecule has 1 saturated heterocycles. The van der Waals surface area contributed by atoms with E-state index in [0.29, 0.717) is 12.8 Å². The number of carbonyl (C=O) groups excluding carboxylic acids is 2. The third kappa shape index (κ3) is 1.23. The maximum Gasteiger partial charge on any atom is 0.233 e. The molecule has 0 aromatic rings. The monoisotopic (exact) mass is 139 g/mol. The van der Waals surface area contributed by atoms with E-state index in [2.05, 4.69) is 11.9 Å². The van der Waals surface area contributed by atoms with Gasteiger partial charge in [-0.2, -0.15) is 0 Å². The average Bonchev–Trinajstić information content (AvgIpc) is 1.88. The number of imide groups is 1. The zero-order chi connectivity index (χ0) is 7.56. The first-order valence-electron chi connectivity index (χ1n) is 3.20. The zero-order valence-corrected chi connectivity index (χ0v) is 5.59. The van der Waals surface area contributed by atoms with Gasteiger partial charge >= 0.3 is 0 Å². The molecule has 0 spiro atoms. The molecule has 10 heavy (non-hydrogen) atoms. The number of rotatable bonds is 1. The van der Waals surface area contributed by atoms with Crippen molar-refractivity contribution in [1.29, 1.82) is 0 Å². The molecule has 1 aliphatic rings. The third-order valence-corrected chi connectivity index (χ3v) is 1.57. The molecule has 1 heterocycles. The molecule has 1 fully saturated rings. The van der Waals surface area contributed by atoms with Gasteiger partial charge in [0.15, 0.2) is 0 Å². The minimum Gasteiger partial charge on any atom is -0.296 e. The predicted molar refractivity (Wildman–Crippen MR) is 36.1 cm³/mol. The standard InChI is InChI=1S/C7H9NO2/c1-2-5-3-4-6(9)8-7(5)10/h2,5H,1,3-4H2,(H,8,9,10)/t5-/m0/s1. The van der Waals surface area contributed by atoms with Crippen molar-refractivity contribution in [2.45, 2.75) is 12.8 Å². The molecule has 0 unspecified atom stereocenters. The Kier molecular flexibility index (Phi) is 1.85. The molecule has 0 aromatic heterocycles. The molecule has 0 saturated carbocycles. The van der Waals surface area contributed by atoms with Gasteiger partial charge in [0.25, 0.3) is 0 Å². The number of hydrogen-bond acceptors (Lipinski definition) is 2. The van der Waals surface area contributed by atoms with E-state index in [0.717, 1.165) is 0 Å². The second-order valence-electron chi connectivity index (χ2n) is 2.29. The smallest absolute Gasteiger partial charge is 0.233 e. The molecule has 0 radical (unpaired) electrons. The minimum atomic E-state index is -0.216. The highest BCUT2D eigenvalue weighted by Gasteiger charge is 2.23. The quantitative estimate of drug-likeness (QED) is 0.417. The average molecular weight is 139 g/mol. The number of hydrogen-bond donors (Lipinski definition) is 1. The van der Waals surface area contributed by atoms with E-state index in [1.807, 2.05) is 0 Å². The Balaban J connectivity index is 2.59. The summed E-state index contributed by atoms with van der Waals surface area (Å²) in [6.45, 7) is 3.49. The lowest BCUT2D eigenvalue weighted by molar-refractivity contribution is -0.135. The maximum atomic E-state index is 10.8. The van der Waals surface area contributed by atoms with E-state index in [4.69, 9.17) is 0 Å². The van der Waals surface area contributed by atoms with Crippen molar-refractivity contribution in [3.8, 4) is 0 Å².